The van der Waals surface area contributed by atoms with Gasteiger partial charge in [-0.15, -0.1) is 0 Å². The summed E-state index contributed by atoms with van der Waals surface area (Å²) in [6.07, 6.45) is 3.16. The third-order valence-corrected chi connectivity index (χ3v) is 3.53. The summed E-state index contributed by atoms with van der Waals surface area (Å²) in [6.45, 7) is 2.84. The molecule has 1 saturated heterocycles. The average molecular weight is 264 g/mol. The predicted octanol–water partition coefficient (Wildman–Crippen LogP) is 2.67. The molecule has 0 amide bonds. The maximum Gasteiger partial charge on any atom is 0.338 e. The second-order valence-corrected chi connectivity index (χ2v) is 4.80. The summed E-state index contributed by atoms with van der Waals surface area (Å²) in [5, 5.41) is 20.0. The number of rotatable bonds is 3. The molecular weight excluding hydrogens is 248 g/mol. The summed E-state index contributed by atoms with van der Waals surface area (Å²) in [7, 11) is 0. The molecule has 1 aromatic rings. The van der Waals surface area contributed by atoms with E-state index < -0.39 is 10.9 Å². The molecule has 0 spiro atoms. The number of piperidine rings is 1. The van der Waals surface area contributed by atoms with Crippen LogP contribution in [0.5, 0.6) is 0 Å². The minimum Gasteiger partial charge on any atom is -0.478 e. The van der Waals surface area contributed by atoms with Crippen molar-refractivity contribution in [3.8, 4) is 0 Å². The molecule has 0 saturated carbocycles. The fourth-order valence-electron chi connectivity index (χ4n) is 2.52. The van der Waals surface area contributed by atoms with E-state index in [-0.39, 0.29) is 17.3 Å². The van der Waals surface area contributed by atoms with E-state index in [1.807, 2.05) is 11.8 Å². The zero-order chi connectivity index (χ0) is 14.0. The first-order valence-corrected chi connectivity index (χ1v) is 6.29. The van der Waals surface area contributed by atoms with E-state index in [1.165, 1.54) is 6.07 Å². The Morgan fingerprint density at radius 1 is 1.47 bits per heavy atom. The van der Waals surface area contributed by atoms with Crippen LogP contribution in [0.2, 0.25) is 0 Å². The van der Waals surface area contributed by atoms with Gasteiger partial charge in [-0.05, 0) is 32.3 Å². The molecular formula is C13H16N2O4. The number of aromatic carboxylic acids is 1. The molecule has 1 aliphatic heterocycles. The number of hydrogen-bond donors (Lipinski definition) is 1. The van der Waals surface area contributed by atoms with Crippen LogP contribution in [0.15, 0.2) is 18.2 Å². The lowest BCUT2D eigenvalue weighted by atomic mass is 10.0. The predicted molar refractivity (Wildman–Crippen MR) is 70.7 cm³/mol. The minimum atomic E-state index is -1.13. The zero-order valence-corrected chi connectivity index (χ0v) is 10.7. The van der Waals surface area contributed by atoms with Crippen molar-refractivity contribution in [3.05, 3.63) is 33.9 Å². The van der Waals surface area contributed by atoms with Crippen LogP contribution in [-0.4, -0.2) is 28.6 Å². The van der Waals surface area contributed by atoms with Crippen molar-refractivity contribution in [1.82, 2.24) is 0 Å². The van der Waals surface area contributed by atoms with Gasteiger partial charge in [-0.2, -0.15) is 0 Å². The molecule has 1 fully saturated rings. The van der Waals surface area contributed by atoms with E-state index in [0.29, 0.717) is 5.69 Å². The van der Waals surface area contributed by atoms with Gasteiger partial charge in [0.2, 0.25) is 0 Å². The Morgan fingerprint density at radius 3 is 2.79 bits per heavy atom. The summed E-state index contributed by atoms with van der Waals surface area (Å²) in [6, 6.07) is 4.30. The molecule has 1 aromatic carbocycles. The van der Waals surface area contributed by atoms with Gasteiger partial charge < -0.3 is 10.0 Å². The van der Waals surface area contributed by atoms with Crippen molar-refractivity contribution < 1.29 is 14.8 Å². The summed E-state index contributed by atoms with van der Waals surface area (Å²) in [4.78, 5) is 23.5. The van der Waals surface area contributed by atoms with E-state index in [2.05, 4.69) is 0 Å². The number of hydrogen-bond acceptors (Lipinski definition) is 4. The Hall–Kier alpha value is -2.11. The third kappa shape index (κ3) is 2.67. The molecule has 1 N–H and O–H groups in total. The Kier molecular flexibility index (Phi) is 3.69. The van der Waals surface area contributed by atoms with Crippen LogP contribution in [0.4, 0.5) is 11.4 Å². The van der Waals surface area contributed by atoms with Gasteiger partial charge in [-0.1, -0.05) is 0 Å². The van der Waals surface area contributed by atoms with Crippen molar-refractivity contribution in [2.45, 2.75) is 32.2 Å². The topological polar surface area (TPSA) is 83.7 Å². The molecule has 1 heterocycles. The van der Waals surface area contributed by atoms with Gasteiger partial charge in [0.1, 0.15) is 0 Å². The SMILES string of the molecule is C[C@H]1CCCCN1c1ccc([N+](=O)[O-])cc1C(=O)O. The van der Waals surface area contributed by atoms with Gasteiger partial charge in [0.15, 0.2) is 0 Å². The fraction of sp³-hybridized carbons (Fsp3) is 0.462. The lowest BCUT2D eigenvalue weighted by molar-refractivity contribution is -0.384. The number of carbonyl (C=O) groups is 1. The summed E-state index contributed by atoms with van der Waals surface area (Å²) < 4.78 is 0. The van der Waals surface area contributed by atoms with Crippen LogP contribution in [0.1, 0.15) is 36.5 Å². The Balaban J connectivity index is 2.44. The van der Waals surface area contributed by atoms with Crippen molar-refractivity contribution in [1.29, 1.82) is 0 Å². The molecule has 0 aromatic heterocycles. The Bertz CT molecular complexity index is 515. The summed E-state index contributed by atoms with van der Waals surface area (Å²) in [5.41, 5.74) is 0.388. The molecule has 2 rings (SSSR count). The number of carboxylic acids is 1. The molecule has 6 nitrogen and oxygen atoms in total. The lowest BCUT2D eigenvalue weighted by Crippen LogP contribution is -2.38. The third-order valence-electron chi connectivity index (χ3n) is 3.53. The van der Waals surface area contributed by atoms with Crippen molar-refractivity contribution in [2.75, 3.05) is 11.4 Å². The maximum absolute atomic E-state index is 11.3. The van der Waals surface area contributed by atoms with E-state index >= 15 is 0 Å². The summed E-state index contributed by atoms with van der Waals surface area (Å²) >= 11 is 0. The van der Waals surface area contributed by atoms with Crippen LogP contribution in [-0.2, 0) is 0 Å². The fourth-order valence-corrected chi connectivity index (χ4v) is 2.52. The second-order valence-electron chi connectivity index (χ2n) is 4.80. The van der Waals surface area contributed by atoms with Crippen LogP contribution >= 0.6 is 0 Å². The average Bonchev–Trinajstić information content (AvgIpc) is 2.38. The maximum atomic E-state index is 11.3. The molecule has 1 atom stereocenters. The van der Waals surface area contributed by atoms with Crippen LogP contribution in [0.3, 0.4) is 0 Å². The Labute approximate surface area is 110 Å². The highest BCUT2D eigenvalue weighted by Crippen LogP contribution is 2.30. The Morgan fingerprint density at radius 2 is 2.21 bits per heavy atom. The minimum absolute atomic E-state index is 0.00273. The van der Waals surface area contributed by atoms with Crippen LogP contribution in [0, 0.1) is 10.1 Å². The van der Waals surface area contributed by atoms with Gasteiger partial charge in [0.05, 0.1) is 16.2 Å². The van der Waals surface area contributed by atoms with Gasteiger partial charge in [0.25, 0.3) is 5.69 Å². The zero-order valence-electron chi connectivity index (χ0n) is 10.7. The number of nitro benzene ring substituents is 1. The first-order chi connectivity index (χ1) is 9.00. The van der Waals surface area contributed by atoms with E-state index in [4.69, 9.17) is 0 Å². The number of nitrogens with zero attached hydrogens (tertiary/aromatic N) is 2. The molecule has 1 aliphatic rings. The monoisotopic (exact) mass is 264 g/mol. The quantitative estimate of drug-likeness (QED) is 0.670. The largest absolute Gasteiger partial charge is 0.478 e. The van der Waals surface area contributed by atoms with Crippen LogP contribution < -0.4 is 4.90 Å². The first-order valence-electron chi connectivity index (χ1n) is 6.29. The molecule has 0 bridgehead atoms. The van der Waals surface area contributed by atoms with Gasteiger partial charge >= 0.3 is 5.97 Å². The molecule has 0 radical (unpaired) electrons. The van der Waals surface area contributed by atoms with E-state index in [1.54, 1.807) is 6.07 Å². The first kappa shape index (κ1) is 13.3. The molecule has 19 heavy (non-hydrogen) atoms. The molecule has 0 aliphatic carbocycles. The molecule has 6 heteroatoms. The van der Waals surface area contributed by atoms with Crippen molar-refractivity contribution in [2.24, 2.45) is 0 Å². The van der Waals surface area contributed by atoms with E-state index in [0.717, 1.165) is 31.9 Å². The lowest BCUT2D eigenvalue weighted by Gasteiger charge is -2.36. The highest BCUT2D eigenvalue weighted by Gasteiger charge is 2.24. The highest BCUT2D eigenvalue weighted by atomic mass is 16.6. The standard InChI is InChI=1S/C13H16N2O4/c1-9-4-2-3-7-14(9)12-6-5-10(15(18)19)8-11(12)13(16)17/h5-6,8-9H,2-4,7H2,1H3,(H,16,17)/t9-/m0/s1. The van der Waals surface area contributed by atoms with Crippen molar-refractivity contribution in [3.63, 3.8) is 0 Å². The second kappa shape index (κ2) is 5.26. The number of anilines is 1. The van der Waals surface area contributed by atoms with E-state index in [9.17, 15) is 20.0 Å². The van der Waals surface area contributed by atoms with Gasteiger partial charge in [0, 0.05) is 24.7 Å². The highest BCUT2D eigenvalue weighted by molar-refractivity contribution is 5.95. The van der Waals surface area contributed by atoms with Crippen LogP contribution in [0.25, 0.3) is 0 Å². The molecule has 0 unspecified atom stereocenters. The number of nitro groups is 1. The number of non-ortho nitro benzene ring substituents is 1. The normalized spacial score (nSPS) is 19.2. The van der Waals surface area contributed by atoms with Gasteiger partial charge in [-0.25, -0.2) is 4.79 Å². The number of benzene rings is 1. The van der Waals surface area contributed by atoms with Crippen molar-refractivity contribution >= 4 is 17.3 Å². The summed E-state index contributed by atoms with van der Waals surface area (Å²) in [5.74, 6) is -1.13. The van der Waals surface area contributed by atoms with Gasteiger partial charge in [-0.3, -0.25) is 10.1 Å². The number of carboxylic acid groups (broad SMARTS) is 1. The smallest absolute Gasteiger partial charge is 0.338 e. The molecule has 102 valence electrons.